The Morgan fingerprint density at radius 1 is 1.56 bits per heavy atom. The zero-order valence-corrected chi connectivity index (χ0v) is 9.02. The number of nitrogens with zero attached hydrogens (tertiary/aromatic N) is 2. The molecular weight excluding hydrogens is 226 g/mol. The Morgan fingerprint density at radius 3 is 3.00 bits per heavy atom. The molecule has 82 valence electrons. The van der Waals surface area contributed by atoms with Crippen molar-refractivity contribution >= 4 is 17.3 Å². The van der Waals surface area contributed by atoms with Crippen molar-refractivity contribution in [3.8, 4) is 11.3 Å². The number of carboxylic acid groups (broad SMARTS) is 1. The maximum atomic E-state index is 10.7. The second-order valence-corrected chi connectivity index (χ2v) is 4.02. The van der Waals surface area contributed by atoms with Gasteiger partial charge in [-0.15, -0.1) is 11.3 Å². The fourth-order valence-electron chi connectivity index (χ4n) is 1.18. The van der Waals surface area contributed by atoms with E-state index in [-0.39, 0.29) is 0 Å². The smallest absolute Gasteiger partial charge is 0.327 e. The third-order valence-electron chi connectivity index (χ3n) is 2.01. The summed E-state index contributed by atoms with van der Waals surface area (Å²) in [5.41, 5.74) is 7.01. The molecule has 2 aromatic heterocycles. The summed E-state index contributed by atoms with van der Waals surface area (Å²) in [6, 6.07) is 2.60. The largest absolute Gasteiger partial charge is 0.480 e. The average molecular weight is 235 g/mol. The molecule has 3 N–H and O–H groups in total. The van der Waals surface area contributed by atoms with Crippen LogP contribution < -0.4 is 5.73 Å². The molecule has 0 amide bonds. The van der Waals surface area contributed by atoms with Crippen LogP contribution in [0.2, 0.25) is 0 Å². The second kappa shape index (κ2) is 4.38. The van der Waals surface area contributed by atoms with Gasteiger partial charge < -0.3 is 10.8 Å². The summed E-state index contributed by atoms with van der Waals surface area (Å²) in [5, 5.41) is 10.9. The highest BCUT2D eigenvalue weighted by Gasteiger charge is 2.18. The van der Waals surface area contributed by atoms with E-state index in [2.05, 4.69) is 9.97 Å². The Balaban J connectivity index is 2.30. The first kappa shape index (κ1) is 10.7. The van der Waals surface area contributed by atoms with Crippen molar-refractivity contribution in [2.75, 3.05) is 0 Å². The highest BCUT2D eigenvalue weighted by Crippen LogP contribution is 2.23. The maximum Gasteiger partial charge on any atom is 0.327 e. The number of rotatable bonds is 3. The summed E-state index contributed by atoms with van der Waals surface area (Å²) in [6.07, 6.45) is 3.34. The van der Waals surface area contributed by atoms with Crippen LogP contribution in [0.15, 0.2) is 29.9 Å². The van der Waals surface area contributed by atoms with Gasteiger partial charge in [-0.25, -0.2) is 4.98 Å². The summed E-state index contributed by atoms with van der Waals surface area (Å²) >= 11 is 1.24. The van der Waals surface area contributed by atoms with Crippen LogP contribution in [-0.4, -0.2) is 21.0 Å². The highest BCUT2D eigenvalue weighted by atomic mass is 32.1. The average Bonchev–Trinajstić information content (AvgIpc) is 2.78. The molecule has 0 radical (unpaired) electrons. The molecule has 1 atom stereocenters. The molecule has 1 unspecified atom stereocenters. The van der Waals surface area contributed by atoms with Crippen molar-refractivity contribution in [1.82, 2.24) is 9.97 Å². The Bertz CT molecular complexity index is 498. The number of aliphatic carboxylic acids is 1. The minimum atomic E-state index is -1.08. The molecule has 0 bridgehead atoms. The van der Waals surface area contributed by atoms with Crippen molar-refractivity contribution in [1.29, 1.82) is 0 Å². The van der Waals surface area contributed by atoms with Crippen molar-refractivity contribution in [3.63, 3.8) is 0 Å². The van der Waals surface area contributed by atoms with Gasteiger partial charge in [0.15, 0.2) is 6.04 Å². The molecule has 16 heavy (non-hydrogen) atoms. The number of hydrogen-bond acceptors (Lipinski definition) is 5. The normalized spacial score (nSPS) is 12.3. The molecule has 0 saturated carbocycles. The van der Waals surface area contributed by atoms with E-state index < -0.39 is 12.0 Å². The van der Waals surface area contributed by atoms with Crippen LogP contribution in [0.25, 0.3) is 11.3 Å². The monoisotopic (exact) mass is 235 g/mol. The van der Waals surface area contributed by atoms with E-state index >= 15 is 0 Å². The molecule has 2 heterocycles. The predicted octanol–water partition coefficient (Wildman–Crippen LogP) is 1.29. The minimum Gasteiger partial charge on any atom is -0.480 e. The number of carbonyl (C=O) groups is 1. The van der Waals surface area contributed by atoms with E-state index in [1.54, 1.807) is 23.8 Å². The summed E-state index contributed by atoms with van der Waals surface area (Å²) in [4.78, 5) is 18.8. The summed E-state index contributed by atoms with van der Waals surface area (Å²) < 4.78 is 0. The number of hydrogen-bond donors (Lipinski definition) is 2. The molecule has 5 nitrogen and oxygen atoms in total. The van der Waals surface area contributed by atoms with Gasteiger partial charge in [0.1, 0.15) is 5.01 Å². The van der Waals surface area contributed by atoms with Crippen LogP contribution in [0.4, 0.5) is 0 Å². The van der Waals surface area contributed by atoms with Gasteiger partial charge in [0.25, 0.3) is 0 Å². The van der Waals surface area contributed by atoms with Crippen molar-refractivity contribution in [2.45, 2.75) is 6.04 Å². The van der Waals surface area contributed by atoms with E-state index in [0.717, 1.165) is 5.56 Å². The van der Waals surface area contributed by atoms with Crippen LogP contribution in [0.3, 0.4) is 0 Å². The molecule has 0 aliphatic rings. The number of nitrogens with two attached hydrogens (primary N) is 1. The van der Waals surface area contributed by atoms with Crippen molar-refractivity contribution < 1.29 is 9.90 Å². The minimum absolute atomic E-state index is 0.395. The van der Waals surface area contributed by atoms with Gasteiger partial charge in [-0.1, -0.05) is 0 Å². The molecule has 0 aliphatic heterocycles. The first-order valence-corrected chi connectivity index (χ1v) is 5.40. The van der Waals surface area contributed by atoms with Gasteiger partial charge in [0, 0.05) is 23.3 Å². The van der Waals surface area contributed by atoms with E-state index in [0.29, 0.717) is 10.7 Å². The zero-order valence-electron chi connectivity index (χ0n) is 8.20. The van der Waals surface area contributed by atoms with Gasteiger partial charge >= 0.3 is 5.97 Å². The Morgan fingerprint density at radius 2 is 2.38 bits per heavy atom. The number of thiazole rings is 1. The Labute approximate surface area is 95.6 Å². The third-order valence-corrected chi connectivity index (χ3v) is 2.94. The molecule has 0 saturated heterocycles. The number of aromatic nitrogens is 2. The van der Waals surface area contributed by atoms with E-state index in [1.807, 2.05) is 6.07 Å². The van der Waals surface area contributed by atoms with Crippen LogP contribution >= 0.6 is 11.3 Å². The van der Waals surface area contributed by atoms with Crippen LogP contribution in [0.5, 0.6) is 0 Å². The van der Waals surface area contributed by atoms with E-state index in [4.69, 9.17) is 10.8 Å². The van der Waals surface area contributed by atoms with Gasteiger partial charge in [-0.05, 0) is 12.1 Å². The highest BCUT2D eigenvalue weighted by molar-refractivity contribution is 7.10. The topological polar surface area (TPSA) is 89.1 Å². The molecule has 2 aromatic rings. The zero-order chi connectivity index (χ0) is 11.5. The lowest BCUT2D eigenvalue weighted by Crippen LogP contribution is -2.20. The van der Waals surface area contributed by atoms with Gasteiger partial charge in [0.2, 0.25) is 0 Å². The Hall–Kier alpha value is -1.79. The number of pyridine rings is 1. The van der Waals surface area contributed by atoms with E-state index in [9.17, 15) is 4.79 Å². The lowest BCUT2D eigenvalue weighted by atomic mass is 10.2. The predicted molar refractivity (Wildman–Crippen MR) is 59.9 cm³/mol. The molecule has 0 aliphatic carbocycles. The van der Waals surface area contributed by atoms with Crippen LogP contribution in [0, 0.1) is 0 Å². The summed E-state index contributed by atoms with van der Waals surface area (Å²) in [6.45, 7) is 0. The summed E-state index contributed by atoms with van der Waals surface area (Å²) in [7, 11) is 0. The quantitative estimate of drug-likeness (QED) is 0.836. The van der Waals surface area contributed by atoms with Gasteiger partial charge in [-0.3, -0.25) is 9.78 Å². The van der Waals surface area contributed by atoms with Gasteiger partial charge in [0.05, 0.1) is 5.69 Å². The van der Waals surface area contributed by atoms with Crippen LogP contribution in [0.1, 0.15) is 11.0 Å². The molecule has 0 aromatic carbocycles. The number of carboxylic acids is 1. The molecule has 0 fully saturated rings. The molecule has 0 spiro atoms. The maximum absolute atomic E-state index is 10.7. The molecule has 6 heteroatoms. The van der Waals surface area contributed by atoms with Crippen molar-refractivity contribution in [2.24, 2.45) is 5.73 Å². The fraction of sp³-hybridized carbons (Fsp3) is 0.100. The van der Waals surface area contributed by atoms with Crippen LogP contribution in [-0.2, 0) is 4.79 Å². The first-order valence-electron chi connectivity index (χ1n) is 4.52. The third kappa shape index (κ3) is 2.07. The first-order chi connectivity index (χ1) is 7.68. The summed E-state index contributed by atoms with van der Waals surface area (Å²) in [5.74, 6) is -1.08. The lowest BCUT2D eigenvalue weighted by Gasteiger charge is -2.00. The van der Waals surface area contributed by atoms with E-state index in [1.165, 1.54) is 11.3 Å². The lowest BCUT2D eigenvalue weighted by molar-refractivity contribution is -0.138. The second-order valence-electron chi connectivity index (χ2n) is 3.13. The Kier molecular flexibility index (Phi) is 2.93. The molecule has 2 rings (SSSR count). The van der Waals surface area contributed by atoms with Gasteiger partial charge in [-0.2, -0.15) is 0 Å². The van der Waals surface area contributed by atoms with Crippen molar-refractivity contribution in [3.05, 3.63) is 34.9 Å². The SMILES string of the molecule is NC(C(=O)O)c1nc(-c2cccnc2)cs1. The molecular formula is C10H9N3O2S. The fourth-order valence-corrected chi connectivity index (χ4v) is 2.00. The standard InChI is InChI=1S/C10H9N3O2S/c11-8(10(14)15)9-13-7(5-16-9)6-2-1-3-12-4-6/h1-5,8H,11H2,(H,14,15).